The van der Waals surface area contributed by atoms with Crippen molar-refractivity contribution >= 4 is 23.2 Å². The molecule has 0 amide bonds. The molecule has 0 saturated carbocycles. The maximum absolute atomic E-state index is 6.12. The van der Waals surface area contributed by atoms with Gasteiger partial charge in [0.1, 0.15) is 0 Å². The molecule has 1 saturated heterocycles. The Morgan fingerprint density at radius 2 is 2.00 bits per heavy atom. The van der Waals surface area contributed by atoms with Crippen molar-refractivity contribution in [1.29, 1.82) is 0 Å². The molecular formula is C13H18Cl2N2. The van der Waals surface area contributed by atoms with E-state index in [2.05, 4.69) is 10.6 Å². The third kappa shape index (κ3) is 4.14. The zero-order valence-electron chi connectivity index (χ0n) is 9.81. The number of hydrogen-bond acceptors (Lipinski definition) is 2. The van der Waals surface area contributed by atoms with Crippen LogP contribution in [-0.4, -0.2) is 19.6 Å². The van der Waals surface area contributed by atoms with Gasteiger partial charge in [0.15, 0.2) is 0 Å². The lowest BCUT2D eigenvalue weighted by molar-refractivity contribution is 0.356. The van der Waals surface area contributed by atoms with E-state index in [-0.39, 0.29) is 0 Å². The molecule has 0 atom stereocenters. The Kier molecular flexibility index (Phi) is 5.11. The molecule has 0 bridgehead atoms. The van der Waals surface area contributed by atoms with E-state index in [1.165, 1.54) is 12.8 Å². The first-order valence-electron chi connectivity index (χ1n) is 6.11. The van der Waals surface area contributed by atoms with Crippen molar-refractivity contribution in [3.8, 4) is 0 Å². The number of benzene rings is 1. The van der Waals surface area contributed by atoms with Crippen LogP contribution >= 0.6 is 23.2 Å². The van der Waals surface area contributed by atoms with Gasteiger partial charge in [-0.15, -0.1) is 0 Å². The lowest BCUT2D eigenvalue weighted by Crippen LogP contribution is -2.33. The van der Waals surface area contributed by atoms with E-state index in [1.807, 2.05) is 12.1 Å². The van der Waals surface area contributed by atoms with Gasteiger partial charge in [-0.05, 0) is 56.1 Å². The minimum atomic E-state index is 0.692. The molecule has 4 heteroatoms. The van der Waals surface area contributed by atoms with Gasteiger partial charge in [0.25, 0.3) is 0 Å². The highest BCUT2D eigenvalue weighted by Gasteiger charge is 2.12. The molecule has 1 aromatic carbocycles. The first-order valence-corrected chi connectivity index (χ1v) is 6.86. The molecule has 1 fully saturated rings. The molecule has 0 aromatic heterocycles. The summed E-state index contributed by atoms with van der Waals surface area (Å²) in [5, 5.41) is 8.29. The molecule has 2 N–H and O–H groups in total. The Bertz CT molecular complexity index is 362. The SMILES string of the molecule is Clc1ccc(CNCC2CCNCC2)c(Cl)c1. The highest BCUT2D eigenvalue weighted by Crippen LogP contribution is 2.21. The van der Waals surface area contributed by atoms with Gasteiger partial charge in [0, 0.05) is 16.6 Å². The van der Waals surface area contributed by atoms with Crippen molar-refractivity contribution in [3.05, 3.63) is 33.8 Å². The highest BCUT2D eigenvalue weighted by molar-refractivity contribution is 6.35. The van der Waals surface area contributed by atoms with E-state index in [1.54, 1.807) is 6.07 Å². The highest BCUT2D eigenvalue weighted by atomic mass is 35.5. The van der Waals surface area contributed by atoms with Gasteiger partial charge in [-0.1, -0.05) is 29.3 Å². The maximum Gasteiger partial charge on any atom is 0.0465 e. The van der Waals surface area contributed by atoms with Crippen LogP contribution in [0.25, 0.3) is 0 Å². The molecule has 0 spiro atoms. The zero-order valence-corrected chi connectivity index (χ0v) is 11.3. The number of rotatable bonds is 4. The molecule has 1 heterocycles. The van der Waals surface area contributed by atoms with Crippen molar-refractivity contribution < 1.29 is 0 Å². The van der Waals surface area contributed by atoms with Crippen LogP contribution in [0.15, 0.2) is 18.2 Å². The molecular weight excluding hydrogens is 255 g/mol. The molecule has 0 radical (unpaired) electrons. The smallest absolute Gasteiger partial charge is 0.0465 e. The van der Waals surface area contributed by atoms with Gasteiger partial charge in [0.05, 0.1) is 0 Å². The number of hydrogen-bond donors (Lipinski definition) is 2. The molecule has 0 aliphatic carbocycles. The predicted octanol–water partition coefficient (Wildman–Crippen LogP) is 3.08. The zero-order chi connectivity index (χ0) is 12.1. The third-order valence-corrected chi connectivity index (χ3v) is 3.81. The van der Waals surface area contributed by atoms with Gasteiger partial charge in [-0.25, -0.2) is 0 Å². The van der Waals surface area contributed by atoms with Crippen molar-refractivity contribution in [3.63, 3.8) is 0 Å². The van der Waals surface area contributed by atoms with Crippen LogP contribution in [0.5, 0.6) is 0 Å². The second-order valence-electron chi connectivity index (χ2n) is 4.56. The van der Waals surface area contributed by atoms with E-state index in [9.17, 15) is 0 Å². The average Bonchev–Trinajstić information content (AvgIpc) is 2.33. The summed E-state index contributed by atoms with van der Waals surface area (Å²) in [6.07, 6.45) is 2.53. The summed E-state index contributed by atoms with van der Waals surface area (Å²) in [5.41, 5.74) is 1.12. The molecule has 1 aliphatic rings. The summed E-state index contributed by atoms with van der Waals surface area (Å²) >= 11 is 12.0. The summed E-state index contributed by atoms with van der Waals surface area (Å²) in [6, 6.07) is 5.67. The van der Waals surface area contributed by atoms with Crippen LogP contribution in [0.1, 0.15) is 18.4 Å². The monoisotopic (exact) mass is 272 g/mol. The van der Waals surface area contributed by atoms with Gasteiger partial charge in [-0.3, -0.25) is 0 Å². The Hall–Kier alpha value is -0.280. The van der Waals surface area contributed by atoms with E-state index >= 15 is 0 Å². The summed E-state index contributed by atoms with van der Waals surface area (Å²) in [4.78, 5) is 0. The summed E-state index contributed by atoms with van der Waals surface area (Å²) in [5.74, 6) is 0.794. The Morgan fingerprint density at radius 1 is 1.24 bits per heavy atom. The van der Waals surface area contributed by atoms with Crippen LogP contribution in [0, 0.1) is 5.92 Å². The van der Waals surface area contributed by atoms with Crippen LogP contribution in [0.4, 0.5) is 0 Å². The average molecular weight is 273 g/mol. The van der Waals surface area contributed by atoms with Gasteiger partial charge >= 0.3 is 0 Å². The van der Waals surface area contributed by atoms with Crippen LogP contribution in [0.2, 0.25) is 10.0 Å². The van der Waals surface area contributed by atoms with E-state index in [4.69, 9.17) is 23.2 Å². The fourth-order valence-corrected chi connectivity index (χ4v) is 2.64. The quantitative estimate of drug-likeness (QED) is 0.881. The molecule has 2 rings (SSSR count). The Morgan fingerprint density at radius 3 is 2.71 bits per heavy atom. The molecule has 1 aliphatic heterocycles. The molecule has 2 nitrogen and oxygen atoms in total. The standard InChI is InChI=1S/C13H18Cl2N2/c14-12-2-1-11(13(15)7-12)9-17-8-10-3-5-16-6-4-10/h1-2,7,10,16-17H,3-6,8-9H2. The van der Waals surface area contributed by atoms with Crippen molar-refractivity contribution in [1.82, 2.24) is 10.6 Å². The molecule has 0 unspecified atom stereocenters. The van der Waals surface area contributed by atoms with Gasteiger partial charge in [-0.2, -0.15) is 0 Å². The number of nitrogens with one attached hydrogen (secondary N) is 2. The fraction of sp³-hybridized carbons (Fsp3) is 0.538. The van der Waals surface area contributed by atoms with E-state index < -0.39 is 0 Å². The Balaban J connectivity index is 1.77. The second kappa shape index (κ2) is 6.60. The minimum Gasteiger partial charge on any atom is -0.317 e. The van der Waals surface area contributed by atoms with Gasteiger partial charge in [0.2, 0.25) is 0 Å². The second-order valence-corrected chi connectivity index (χ2v) is 5.40. The Labute approximate surface area is 113 Å². The molecule has 94 valence electrons. The lowest BCUT2D eigenvalue weighted by Gasteiger charge is -2.22. The summed E-state index contributed by atoms with van der Waals surface area (Å²) in [7, 11) is 0. The number of piperidine rings is 1. The minimum absolute atomic E-state index is 0.692. The van der Waals surface area contributed by atoms with E-state index in [0.29, 0.717) is 5.02 Å². The number of halogens is 2. The summed E-state index contributed by atoms with van der Waals surface area (Å²) < 4.78 is 0. The normalized spacial score (nSPS) is 17.3. The summed E-state index contributed by atoms with van der Waals surface area (Å²) in [6.45, 7) is 4.18. The van der Waals surface area contributed by atoms with Gasteiger partial charge < -0.3 is 10.6 Å². The maximum atomic E-state index is 6.12. The predicted molar refractivity (Wildman–Crippen MR) is 73.8 cm³/mol. The fourth-order valence-electron chi connectivity index (χ4n) is 2.16. The van der Waals surface area contributed by atoms with Crippen LogP contribution < -0.4 is 10.6 Å². The molecule has 17 heavy (non-hydrogen) atoms. The van der Waals surface area contributed by atoms with Crippen LogP contribution in [-0.2, 0) is 6.54 Å². The van der Waals surface area contributed by atoms with Crippen LogP contribution in [0.3, 0.4) is 0 Å². The van der Waals surface area contributed by atoms with Crippen molar-refractivity contribution in [2.45, 2.75) is 19.4 Å². The topological polar surface area (TPSA) is 24.1 Å². The van der Waals surface area contributed by atoms with E-state index in [0.717, 1.165) is 42.7 Å². The molecule has 1 aromatic rings. The lowest BCUT2D eigenvalue weighted by atomic mass is 9.98. The van der Waals surface area contributed by atoms with Crippen molar-refractivity contribution in [2.75, 3.05) is 19.6 Å². The first kappa shape index (κ1) is 13.2. The first-order chi connectivity index (χ1) is 8.25. The third-order valence-electron chi connectivity index (χ3n) is 3.22. The largest absolute Gasteiger partial charge is 0.317 e. The van der Waals surface area contributed by atoms with Crippen molar-refractivity contribution in [2.24, 2.45) is 5.92 Å².